The van der Waals surface area contributed by atoms with Gasteiger partial charge in [-0.15, -0.1) is 0 Å². The number of aryl methyl sites for hydroxylation is 1. The van der Waals surface area contributed by atoms with Crippen LogP contribution in [0.2, 0.25) is 0 Å². The van der Waals surface area contributed by atoms with Crippen molar-refractivity contribution in [3.8, 4) is 22.6 Å². The van der Waals surface area contributed by atoms with Gasteiger partial charge in [0.1, 0.15) is 18.1 Å². The summed E-state index contributed by atoms with van der Waals surface area (Å²) in [4.78, 5) is 13.2. The second kappa shape index (κ2) is 10.8. The zero-order valence-electron chi connectivity index (χ0n) is 21.4. The SMILES string of the molecule is CCc1ccc(C(NC(=O)OCC2c3ccccc3-c3ccccc32)c2ccc(OC)cc2OC)cc1. The van der Waals surface area contributed by atoms with Gasteiger partial charge < -0.3 is 19.5 Å². The van der Waals surface area contributed by atoms with E-state index in [1.54, 1.807) is 14.2 Å². The Morgan fingerprint density at radius 3 is 2.08 bits per heavy atom. The van der Waals surface area contributed by atoms with Gasteiger partial charge >= 0.3 is 6.09 Å². The van der Waals surface area contributed by atoms with Gasteiger partial charge in [-0.3, -0.25) is 0 Å². The van der Waals surface area contributed by atoms with Gasteiger partial charge in [0.25, 0.3) is 0 Å². The van der Waals surface area contributed by atoms with Crippen molar-refractivity contribution >= 4 is 6.09 Å². The second-order valence-electron chi connectivity index (χ2n) is 9.11. The lowest BCUT2D eigenvalue weighted by atomic mass is 9.96. The molecule has 0 saturated heterocycles. The number of amides is 1. The Labute approximate surface area is 218 Å². The number of carbonyl (C=O) groups excluding carboxylic acids is 1. The van der Waals surface area contributed by atoms with Gasteiger partial charge in [-0.05, 0) is 51.9 Å². The molecule has 0 radical (unpaired) electrons. The highest BCUT2D eigenvalue weighted by atomic mass is 16.5. The van der Waals surface area contributed by atoms with E-state index in [9.17, 15) is 4.79 Å². The third-order valence-electron chi connectivity index (χ3n) is 7.08. The molecular formula is C32H31NO4. The number of methoxy groups -OCH3 is 2. The summed E-state index contributed by atoms with van der Waals surface area (Å²) in [5.41, 5.74) is 7.74. The van der Waals surface area contributed by atoms with Crippen molar-refractivity contribution in [2.24, 2.45) is 0 Å². The van der Waals surface area contributed by atoms with Gasteiger partial charge in [-0.2, -0.15) is 0 Å². The lowest BCUT2D eigenvalue weighted by Crippen LogP contribution is -2.31. The molecule has 5 heteroatoms. The molecule has 0 bridgehead atoms. The number of hydrogen-bond acceptors (Lipinski definition) is 4. The zero-order valence-corrected chi connectivity index (χ0v) is 21.4. The van der Waals surface area contributed by atoms with Crippen molar-refractivity contribution in [3.05, 3.63) is 119 Å². The van der Waals surface area contributed by atoms with E-state index in [0.717, 1.165) is 17.5 Å². The van der Waals surface area contributed by atoms with Crippen LogP contribution in [-0.2, 0) is 11.2 Å². The third-order valence-corrected chi connectivity index (χ3v) is 7.08. The van der Waals surface area contributed by atoms with Gasteiger partial charge in [-0.25, -0.2) is 4.79 Å². The zero-order chi connectivity index (χ0) is 25.8. The van der Waals surface area contributed by atoms with Gasteiger partial charge in [0.2, 0.25) is 0 Å². The van der Waals surface area contributed by atoms with E-state index >= 15 is 0 Å². The van der Waals surface area contributed by atoms with E-state index in [-0.39, 0.29) is 12.5 Å². The molecule has 0 fully saturated rings. The Morgan fingerprint density at radius 1 is 0.838 bits per heavy atom. The second-order valence-corrected chi connectivity index (χ2v) is 9.11. The Morgan fingerprint density at radius 2 is 1.49 bits per heavy atom. The fourth-order valence-corrected chi connectivity index (χ4v) is 5.10. The van der Waals surface area contributed by atoms with Crippen molar-refractivity contribution in [1.82, 2.24) is 5.32 Å². The standard InChI is InChI=1S/C32H31NO4/c1-4-21-13-15-22(16-14-21)31(28-18-17-23(35-2)19-30(28)36-3)33-32(34)37-20-29-26-11-7-5-9-24(26)25-10-6-8-12-27(25)29/h5-19,29,31H,4,20H2,1-3H3,(H,33,34). The van der Waals surface area contributed by atoms with Crippen molar-refractivity contribution in [2.75, 3.05) is 20.8 Å². The fraction of sp³-hybridized carbons (Fsp3) is 0.219. The number of fused-ring (bicyclic) bond motifs is 3. The Bertz CT molecular complexity index is 1350. The van der Waals surface area contributed by atoms with E-state index in [1.165, 1.54) is 27.8 Å². The molecule has 0 saturated carbocycles. The molecule has 0 aliphatic heterocycles. The summed E-state index contributed by atoms with van der Waals surface area (Å²) in [6.45, 7) is 2.37. The molecule has 1 amide bonds. The minimum atomic E-state index is -0.482. The number of hydrogen-bond donors (Lipinski definition) is 1. The molecular weight excluding hydrogens is 462 g/mol. The van der Waals surface area contributed by atoms with E-state index in [1.807, 2.05) is 54.6 Å². The summed E-state index contributed by atoms with van der Waals surface area (Å²) in [7, 11) is 3.23. The van der Waals surface area contributed by atoms with E-state index in [2.05, 4.69) is 48.6 Å². The highest BCUT2D eigenvalue weighted by Crippen LogP contribution is 2.44. The number of benzene rings is 4. The molecule has 1 N–H and O–H groups in total. The molecule has 4 aromatic carbocycles. The van der Waals surface area contributed by atoms with Crippen molar-refractivity contribution < 1.29 is 19.0 Å². The average molecular weight is 494 g/mol. The summed E-state index contributed by atoms with van der Waals surface area (Å²) in [6.07, 6.45) is 0.459. The van der Waals surface area contributed by atoms with Gasteiger partial charge in [0.15, 0.2) is 0 Å². The average Bonchev–Trinajstić information content (AvgIpc) is 3.28. The first-order valence-electron chi connectivity index (χ1n) is 12.5. The van der Waals surface area contributed by atoms with Crippen molar-refractivity contribution in [2.45, 2.75) is 25.3 Å². The fourth-order valence-electron chi connectivity index (χ4n) is 5.10. The molecule has 5 nitrogen and oxygen atoms in total. The summed E-state index contributed by atoms with van der Waals surface area (Å²) in [5.74, 6) is 1.31. The number of ether oxygens (including phenoxy) is 3. The van der Waals surface area contributed by atoms with E-state index < -0.39 is 12.1 Å². The maximum Gasteiger partial charge on any atom is 0.407 e. The van der Waals surface area contributed by atoms with Crippen LogP contribution < -0.4 is 14.8 Å². The summed E-state index contributed by atoms with van der Waals surface area (Å²) in [6, 6.07) is 30.0. The highest BCUT2D eigenvalue weighted by molar-refractivity contribution is 5.79. The van der Waals surface area contributed by atoms with Crippen LogP contribution >= 0.6 is 0 Å². The number of rotatable bonds is 8. The van der Waals surface area contributed by atoms with Gasteiger partial charge in [0.05, 0.1) is 20.3 Å². The topological polar surface area (TPSA) is 56.8 Å². The first kappa shape index (κ1) is 24.4. The lowest BCUT2D eigenvalue weighted by molar-refractivity contribution is 0.140. The molecule has 1 aliphatic rings. The van der Waals surface area contributed by atoms with Crippen LogP contribution in [-0.4, -0.2) is 26.9 Å². The highest BCUT2D eigenvalue weighted by Gasteiger charge is 2.30. The van der Waals surface area contributed by atoms with Crippen LogP contribution in [0.15, 0.2) is 91.0 Å². The normalized spacial score (nSPS) is 12.8. The molecule has 1 unspecified atom stereocenters. The van der Waals surface area contributed by atoms with Crippen LogP contribution in [0.3, 0.4) is 0 Å². The van der Waals surface area contributed by atoms with Crippen LogP contribution in [0.25, 0.3) is 11.1 Å². The maximum absolute atomic E-state index is 13.2. The van der Waals surface area contributed by atoms with Gasteiger partial charge in [-0.1, -0.05) is 79.7 Å². The predicted molar refractivity (Wildman–Crippen MR) is 145 cm³/mol. The van der Waals surface area contributed by atoms with Crippen LogP contribution in [0.4, 0.5) is 4.79 Å². The monoisotopic (exact) mass is 493 g/mol. The third kappa shape index (κ3) is 4.90. The number of carbonyl (C=O) groups is 1. The van der Waals surface area contributed by atoms with E-state index in [4.69, 9.17) is 14.2 Å². The molecule has 5 rings (SSSR count). The van der Waals surface area contributed by atoms with Gasteiger partial charge in [0, 0.05) is 17.5 Å². The van der Waals surface area contributed by atoms with Crippen molar-refractivity contribution in [1.29, 1.82) is 0 Å². The molecule has 0 spiro atoms. The summed E-state index contributed by atoms with van der Waals surface area (Å²) >= 11 is 0. The quantitative estimate of drug-likeness (QED) is 0.290. The van der Waals surface area contributed by atoms with Crippen LogP contribution in [0.5, 0.6) is 11.5 Å². The number of alkyl carbamates (subject to hydrolysis) is 1. The van der Waals surface area contributed by atoms with Crippen molar-refractivity contribution in [3.63, 3.8) is 0 Å². The first-order valence-corrected chi connectivity index (χ1v) is 12.5. The molecule has 4 aromatic rings. The lowest BCUT2D eigenvalue weighted by Gasteiger charge is -2.23. The molecule has 0 aromatic heterocycles. The molecule has 1 atom stereocenters. The smallest absolute Gasteiger partial charge is 0.407 e. The van der Waals surface area contributed by atoms with E-state index in [0.29, 0.717) is 11.5 Å². The largest absolute Gasteiger partial charge is 0.497 e. The summed E-state index contributed by atoms with van der Waals surface area (Å²) < 4.78 is 16.9. The Hall–Kier alpha value is -4.25. The van der Waals surface area contributed by atoms with Crippen LogP contribution in [0, 0.1) is 0 Å². The minimum absolute atomic E-state index is 0.00374. The summed E-state index contributed by atoms with van der Waals surface area (Å²) in [5, 5.41) is 3.09. The molecule has 37 heavy (non-hydrogen) atoms. The van der Waals surface area contributed by atoms with Crippen LogP contribution in [0.1, 0.15) is 46.7 Å². The molecule has 188 valence electrons. The molecule has 1 aliphatic carbocycles. The minimum Gasteiger partial charge on any atom is -0.497 e. The Kier molecular flexibility index (Phi) is 7.13. The molecule has 0 heterocycles. The maximum atomic E-state index is 13.2. The number of nitrogens with one attached hydrogen (secondary N) is 1. The first-order chi connectivity index (χ1) is 18.1. The predicted octanol–water partition coefficient (Wildman–Crippen LogP) is 6.89. The Balaban J connectivity index is 1.40.